The van der Waals surface area contributed by atoms with Gasteiger partial charge in [-0.05, 0) is 53.6 Å². The first-order valence-electron chi connectivity index (χ1n) is 9.98. The molecular weight excluding hydrogens is 466 g/mol. The quantitative estimate of drug-likeness (QED) is 0.236. The predicted octanol–water partition coefficient (Wildman–Crippen LogP) is 3.92. The van der Waals surface area contributed by atoms with Crippen molar-refractivity contribution >= 4 is 58.0 Å². The zero-order valence-electron chi connectivity index (χ0n) is 17.6. The van der Waals surface area contributed by atoms with Crippen molar-refractivity contribution in [3.63, 3.8) is 0 Å². The molecule has 9 nitrogen and oxygen atoms in total. The fourth-order valence-corrected chi connectivity index (χ4v) is 4.60. The molecule has 2 N–H and O–H groups in total. The van der Waals surface area contributed by atoms with Gasteiger partial charge in [-0.25, -0.2) is 0 Å². The Morgan fingerprint density at radius 1 is 1.24 bits per heavy atom. The Balaban J connectivity index is 1.71. The second-order valence-corrected chi connectivity index (χ2v) is 9.05. The maximum absolute atomic E-state index is 12.7. The van der Waals surface area contributed by atoms with E-state index in [1.54, 1.807) is 18.2 Å². The Hall–Kier alpha value is -3.15. The highest BCUT2D eigenvalue weighted by molar-refractivity contribution is 8.18. The molecule has 2 aromatic rings. The van der Waals surface area contributed by atoms with Crippen molar-refractivity contribution in [3.05, 3.63) is 68.6 Å². The van der Waals surface area contributed by atoms with E-state index in [2.05, 4.69) is 5.32 Å². The maximum Gasteiger partial charge on any atom is 0.294 e. The first-order chi connectivity index (χ1) is 15.8. The number of nitro groups is 1. The Bertz CT molecular complexity index is 1120. The molecule has 33 heavy (non-hydrogen) atoms. The van der Waals surface area contributed by atoms with Crippen molar-refractivity contribution in [1.82, 2.24) is 4.90 Å². The van der Waals surface area contributed by atoms with E-state index in [-0.39, 0.29) is 17.2 Å². The molecule has 0 saturated carbocycles. The van der Waals surface area contributed by atoms with Gasteiger partial charge in [0.2, 0.25) is 5.91 Å². The summed E-state index contributed by atoms with van der Waals surface area (Å²) in [6.07, 6.45) is 2.25. The van der Waals surface area contributed by atoms with Crippen molar-refractivity contribution in [3.8, 4) is 0 Å². The number of amides is 3. The highest BCUT2D eigenvalue weighted by Crippen LogP contribution is 2.34. The van der Waals surface area contributed by atoms with E-state index in [0.29, 0.717) is 33.7 Å². The molecule has 0 radical (unpaired) electrons. The number of thioether (sulfide) groups is 2. The maximum atomic E-state index is 12.7. The highest BCUT2D eigenvalue weighted by Gasteiger charge is 2.36. The Morgan fingerprint density at radius 2 is 1.97 bits per heavy atom. The van der Waals surface area contributed by atoms with Gasteiger partial charge in [0.15, 0.2) is 0 Å². The summed E-state index contributed by atoms with van der Waals surface area (Å²) in [5, 5.41) is 22.4. The first-order valence-corrected chi connectivity index (χ1v) is 11.8. The molecule has 0 aromatic heterocycles. The highest BCUT2D eigenvalue weighted by atomic mass is 32.2. The molecule has 1 aliphatic heterocycles. The number of nitrogens with zero attached hydrogens (tertiary/aromatic N) is 2. The van der Waals surface area contributed by atoms with Crippen LogP contribution in [0.4, 0.5) is 16.2 Å². The number of carbonyl (C=O) groups excluding carboxylic acids is 3. The molecule has 0 unspecified atom stereocenters. The van der Waals surface area contributed by atoms with E-state index in [1.807, 2.05) is 19.1 Å². The number of rotatable bonds is 9. The standard InChI is InChI=1S/C22H21N3O6S2/c1-2-14-3-6-16(7-4-14)23-20(27)13-24-21(28)19(33-22(24)29)12-15-5-8-18(32-10-9-26)17(11-15)25(30)31/h3-8,11-12,26H,2,9-10,13H2,1H3,(H,23,27). The van der Waals surface area contributed by atoms with Crippen molar-refractivity contribution in [2.45, 2.75) is 18.2 Å². The van der Waals surface area contributed by atoms with E-state index in [1.165, 1.54) is 18.2 Å². The number of aryl methyl sites for hydroxylation is 1. The summed E-state index contributed by atoms with van der Waals surface area (Å²) < 4.78 is 0. The predicted molar refractivity (Wildman–Crippen MR) is 128 cm³/mol. The van der Waals surface area contributed by atoms with Crippen LogP contribution in [0.3, 0.4) is 0 Å². The zero-order valence-corrected chi connectivity index (χ0v) is 19.3. The van der Waals surface area contributed by atoms with Crippen LogP contribution in [0.15, 0.2) is 52.3 Å². The van der Waals surface area contributed by atoms with Crippen LogP contribution in [0.25, 0.3) is 6.08 Å². The van der Waals surface area contributed by atoms with Gasteiger partial charge in [0.25, 0.3) is 16.8 Å². The summed E-state index contributed by atoms with van der Waals surface area (Å²) in [6, 6.07) is 11.7. The second kappa shape index (κ2) is 11.1. The number of imide groups is 1. The number of aliphatic hydroxyl groups is 1. The Kier molecular flexibility index (Phi) is 8.26. The van der Waals surface area contributed by atoms with Crippen LogP contribution in [0.5, 0.6) is 0 Å². The van der Waals surface area contributed by atoms with Crippen LogP contribution in [0.2, 0.25) is 0 Å². The molecule has 11 heteroatoms. The van der Waals surface area contributed by atoms with Crippen molar-refractivity contribution in [2.75, 3.05) is 24.2 Å². The normalized spacial score (nSPS) is 14.7. The van der Waals surface area contributed by atoms with E-state index < -0.39 is 28.5 Å². The van der Waals surface area contributed by atoms with Gasteiger partial charge in [-0.3, -0.25) is 29.4 Å². The second-order valence-electron chi connectivity index (χ2n) is 6.92. The molecule has 3 amide bonds. The molecule has 1 fully saturated rings. The van der Waals surface area contributed by atoms with Gasteiger partial charge in [0.05, 0.1) is 21.3 Å². The molecule has 3 rings (SSSR count). The fourth-order valence-electron chi connectivity index (χ4n) is 3.00. The summed E-state index contributed by atoms with van der Waals surface area (Å²) in [4.78, 5) is 49.5. The third-order valence-corrected chi connectivity index (χ3v) is 6.60. The third-order valence-electron chi connectivity index (χ3n) is 4.65. The number of hydrogen-bond acceptors (Lipinski definition) is 8. The monoisotopic (exact) mass is 487 g/mol. The van der Waals surface area contributed by atoms with Crippen LogP contribution in [0.1, 0.15) is 18.1 Å². The van der Waals surface area contributed by atoms with Crippen molar-refractivity contribution in [1.29, 1.82) is 0 Å². The first kappa shape index (κ1) is 24.5. The summed E-state index contributed by atoms with van der Waals surface area (Å²) in [6.45, 7) is 1.46. The third kappa shape index (κ3) is 6.21. The van der Waals surface area contributed by atoms with Crippen LogP contribution in [-0.2, 0) is 16.0 Å². The molecule has 0 bridgehead atoms. The summed E-state index contributed by atoms with van der Waals surface area (Å²) in [5.74, 6) is -0.837. The molecule has 172 valence electrons. The van der Waals surface area contributed by atoms with Gasteiger partial charge in [-0.2, -0.15) is 0 Å². The lowest BCUT2D eigenvalue weighted by Gasteiger charge is -2.12. The number of benzene rings is 2. The van der Waals surface area contributed by atoms with Gasteiger partial charge in [-0.15, -0.1) is 11.8 Å². The summed E-state index contributed by atoms with van der Waals surface area (Å²) >= 11 is 1.82. The van der Waals surface area contributed by atoms with E-state index >= 15 is 0 Å². The molecule has 0 atom stereocenters. The SMILES string of the molecule is CCc1ccc(NC(=O)CN2C(=O)SC(=Cc3ccc(SCCO)c([N+](=O)[O-])c3)C2=O)cc1. The zero-order chi connectivity index (χ0) is 24.0. The Labute approximate surface area is 198 Å². The van der Waals surface area contributed by atoms with Gasteiger partial charge in [0, 0.05) is 17.5 Å². The lowest BCUT2D eigenvalue weighted by molar-refractivity contribution is -0.387. The van der Waals surface area contributed by atoms with E-state index in [0.717, 1.165) is 28.6 Å². The van der Waals surface area contributed by atoms with Crippen LogP contribution < -0.4 is 5.32 Å². The van der Waals surface area contributed by atoms with Crippen molar-refractivity contribution < 1.29 is 24.4 Å². The molecule has 2 aromatic carbocycles. The smallest absolute Gasteiger partial charge is 0.294 e. The minimum Gasteiger partial charge on any atom is -0.396 e. The largest absolute Gasteiger partial charge is 0.396 e. The molecular formula is C22H21N3O6S2. The summed E-state index contributed by atoms with van der Waals surface area (Å²) in [5.41, 5.74) is 1.89. The minimum atomic E-state index is -0.636. The minimum absolute atomic E-state index is 0.0742. The molecule has 0 aliphatic carbocycles. The number of nitro benzene ring substituents is 1. The Morgan fingerprint density at radius 3 is 2.61 bits per heavy atom. The topological polar surface area (TPSA) is 130 Å². The summed E-state index contributed by atoms with van der Waals surface area (Å²) in [7, 11) is 0. The molecule has 1 saturated heterocycles. The molecule has 1 heterocycles. The number of nitrogens with one attached hydrogen (secondary N) is 1. The average Bonchev–Trinajstić information content (AvgIpc) is 3.05. The molecule has 0 spiro atoms. The number of hydrogen-bond donors (Lipinski definition) is 2. The van der Waals surface area contributed by atoms with Gasteiger partial charge >= 0.3 is 0 Å². The number of aliphatic hydroxyl groups excluding tert-OH is 1. The van der Waals surface area contributed by atoms with E-state index in [9.17, 15) is 24.5 Å². The lowest BCUT2D eigenvalue weighted by Crippen LogP contribution is -2.36. The van der Waals surface area contributed by atoms with Crippen LogP contribution in [-0.4, -0.2) is 50.9 Å². The van der Waals surface area contributed by atoms with Gasteiger partial charge < -0.3 is 10.4 Å². The molecule has 1 aliphatic rings. The van der Waals surface area contributed by atoms with Gasteiger partial charge in [0.1, 0.15) is 6.54 Å². The van der Waals surface area contributed by atoms with Crippen LogP contribution >= 0.6 is 23.5 Å². The number of anilines is 1. The van der Waals surface area contributed by atoms with Crippen LogP contribution in [0, 0.1) is 10.1 Å². The average molecular weight is 488 g/mol. The van der Waals surface area contributed by atoms with Gasteiger partial charge in [-0.1, -0.05) is 25.1 Å². The fraction of sp³-hybridized carbons (Fsp3) is 0.227. The van der Waals surface area contributed by atoms with Crippen molar-refractivity contribution in [2.24, 2.45) is 0 Å². The number of carbonyl (C=O) groups is 3. The lowest BCUT2D eigenvalue weighted by atomic mass is 10.1. The van der Waals surface area contributed by atoms with E-state index in [4.69, 9.17) is 5.11 Å².